The summed E-state index contributed by atoms with van der Waals surface area (Å²) in [5, 5.41) is 10.7. The van der Waals surface area contributed by atoms with E-state index in [2.05, 4.69) is 20.7 Å². The highest BCUT2D eigenvalue weighted by atomic mass is 16.5. The molecule has 0 bridgehead atoms. The van der Waals surface area contributed by atoms with E-state index >= 15 is 0 Å². The number of aromatic amines is 1. The summed E-state index contributed by atoms with van der Waals surface area (Å²) in [7, 11) is 3.14. The summed E-state index contributed by atoms with van der Waals surface area (Å²) >= 11 is 0. The smallest absolute Gasteiger partial charge is 0.291 e. The molecule has 2 aromatic rings. The van der Waals surface area contributed by atoms with Gasteiger partial charge in [0.1, 0.15) is 0 Å². The zero-order valence-electron chi connectivity index (χ0n) is 12.9. The SMILES string of the molecule is COc1ccc(C(C)=NNC(=O)c2cc(C)[nH]n2)cc1OC. The number of nitrogens with one attached hydrogen (secondary N) is 2. The third-order valence-corrected chi connectivity index (χ3v) is 3.07. The number of aryl methyl sites for hydroxylation is 1. The van der Waals surface area contributed by atoms with Gasteiger partial charge in [0.05, 0.1) is 19.9 Å². The van der Waals surface area contributed by atoms with Gasteiger partial charge in [-0.2, -0.15) is 10.2 Å². The first-order valence-corrected chi connectivity index (χ1v) is 6.64. The summed E-state index contributed by atoms with van der Waals surface area (Å²) in [5.74, 6) is 0.864. The van der Waals surface area contributed by atoms with Crippen LogP contribution < -0.4 is 14.9 Å². The van der Waals surface area contributed by atoms with Gasteiger partial charge in [-0.25, -0.2) is 5.43 Å². The van der Waals surface area contributed by atoms with E-state index in [0.29, 0.717) is 22.9 Å². The molecule has 1 aromatic carbocycles. The number of amides is 1. The monoisotopic (exact) mass is 302 g/mol. The molecule has 7 nitrogen and oxygen atoms in total. The van der Waals surface area contributed by atoms with E-state index in [4.69, 9.17) is 9.47 Å². The van der Waals surface area contributed by atoms with Crippen LogP contribution in [-0.2, 0) is 0 Å². The second kappa shape index (κ2) is 6.75. The highest BCUT2D eigenvalue weighted by Crippen LogP contribution is 2.27. The van der Waals surface area contributed by atoms with Crippen LogP contribution in [0.4, 0.5) is 0 Å². The largest absolute Gasteiger partial charge is 0.493 e. The number of aromatic nitrogens is 2. The average Bonchev–Trinajstić information content (AvgIpc) is 2.98. The standard InChI is InChI=1S/C15H18N4O3/c1-9-7-12(18-16-9)15(20)19-17-10(2)11-5-6-13(21-3)14(8-11)22-4/h5-8H,1-4H3,(H,16,18)(H,19,20). The lowest BCUT2D eigenvalue weighted by Gasteiger charge is -2.09. The van der Waals surface area contributed by atoms with Crippen LogP contribution in [-0.4, -0.2) is 36.0 Å². The van der Waals surface area contributed by atoms with Crippen molar-refractivity contribution in [2.45, 2.75) is 13.8 Å². The molecule has 0 aliphatic rings. The van der Waals surface area contributed by atoms with Gasteiger partial charge in [0, 0.05) is 11.3 Å². The Bertz CT molecular complexity index is 707. The third-order valence-electron chi connectivity index (χ3n) is 3.07. The number of rotatable bonds is 5. The van der Waals surface area contributed by atoms with Crippen molar-refractivity contribution in [1.82, 2.24) is 15.6 Å². The quantitative estimate of drug-likeness (QED) is 0.652. The van der Waals surface area contributed by atoms with Crippen molar-refractivity contribution >= 4 is 11.6 Å². The minimum atomic E-state index is -0.371. The molecule has 116 valence electrons. The molecule has 0 spiro atoms. The first kappa shape index (κ1) is 15.6. The molecule has 0 saturated carbocycles. The van der Waals surface area contributed by atoms with Gasteiger partial charge in [0.25, 0.3) is 5.91 Å². The molecule has 1 amide bonds. The molecule has 0 aliphatic carbocycles. The number of ether oxygens (including phenoxy) is 2. The molecule has 2 N–H and O–H groups in total. The van der Waals surface area contributed by atoms with Gasteiger partial charge < -0.3 is 9.47 Å². The fraction of sp³-hybridized carbons (Fsp3) is 0.267. The third kappa shape index (κ3) is 3.43. The maximum absolute atomic E-state index is 11.9. The molecule has 1 heterocycles. The molecular weight excluding hydrogens is 284 g/mol. The Balaban J connectivity index is 2.13. The van der Waals surface area contributed by atoms with E-state index < -0.39 is 0 Å². The van der Waals surface area contributed by atoms with Gasteiger partial charge in [-0.1, -0.05) is 0 Å². The van der Waals surface area contributed by atoms with Gasteiger partial charge in [0.15, 0.2) is 17.2 Å². The van der Waals surface area contributed by atoms with E-state index in [9.17, 15) is 4.79 Å². The summed E-state index contributed by atoms with van der Waals surface area (Å²) in [6.07, 6.45) is 0. The lowest BCUT2D eigenvalue weighted by Crippen LogP contribution is -2.19. The Hall–Kier alpha value is -2.83. The molecule has 0 aliphatic heterocycles. The second-order valence-corrected chi connectivity index (χ2v) is 4.64. The Morgan fingerprint density at radius 1 is 1.23 bits per heavy atom. The van der Waals surface area contributed by atoms with Crippen molar-refractivity contribution in [2.75, 3.05) is 14.2 Å². The van der Waals surface area contributed by atoms with Crippen LogP contribution in [0.3, 0.4) is 0 Å². The molecule has 7 heteroatoms. The van der Waals surface area contributed by atoms with Crippen LogP contribution in [0.25, 0.3) is 0 Å². The number of H-pyrrole nitrogens is 1. The van der Waals surface area contributed by atoms with E-state index in [1.165, 1.54) is 0 Å². The van der Waals surface area contributed by atoms with Crippen LogP contribution in [0.5, 0.6) is 11.5 Å². The van der Waals surface area contributed by atoms with Crippen molar-refractivity contribution in [3.05, 3.63) is 41.2 Å². The normalized spacial score (nSPS) is 11.2. The van der Waals surface area contributed by atoms with Crippen LogP contribution in [0, 0.1) is 6.92 Å². The van der Waals surface area contributed by atoms with Crippen molar-refractivity contribution in [2.24, 2.45) is 5.10 Å². The summed E-state index contributed by atoms with van der Waals surface area (Å²) in [6.45, 7) is 3.61. The molecule has 0 saturated heterocycles. The maximum atomic E-state index is 11.9. The minimum absolute atomic E-state index is 0.293. The molecule has 0 unspecified atom stereocenters. The van der Waals surface area contributed by atoms with Gasteiger partial charge in [-0.15, -0.1) is 0 Å². The molecule has 1 aromatic heterocycles. The Morgan fingerprint density at radius 3 is 2.55 bits per heavy atom. The highest BCUT2D eigenvalue weighted by Gasteiger charge is 2.09. The Kier molecular flexibility index (Phi) is 4.77. The molecular formula is C15H18N4O3. The average molecular weight is 302 g/mol. The Labute approximate surface area is 128 Å². The maximum Gasteiger partial charge on any atom is 0.291 e. The van der Waals surface area contributed by atoms with Gasteiger partial charge in [0.2, 0.25) is 0 Å². The summed E-state index contributed by atoms with van der Waals surface area (Å²) in [6, 6.07) is 7.07. The number of carbonyl (C=O) groups is 1. The van der Waals surface area contributed by atoms with E-state index in [0.717, 1.165) is 11.3 Å². The first-order chi connectivity index (χ1) is 10.5. The fourth-order valence-electron chi connectivity index (χ4n) is 1.85. The second-order valence-electron chi connectivity index (χ2n) is 4.64. The predicted octanol–water partition coefficient (Wildman–Crippen LogP) is 1.89. The van der Waals surface area contributed by atoms with Crippen LogP contribution in [0.1, 0.15) is 28.7 Å². The fourth-order valence-corrected chi connectivity index (χ4v) is 1.85. The number of carbonyl (C=O) groups excluding carboxylic acids is 1. The zero-order valence-corrected chi connectivity index (χ0v) is 12.9. The van der Waals surface area contributed by atoms with Gasteiger partial charge in [-0.3, -0.25) is 9.89 Å². The number of hydrogen-bond acceptors (Lipinski definition) is 5. The van der Waals surface area contributed by atoms with Crippen molar-refractivity contribution in [3.63, 3.8) is 0 Å². The molecule has 2 rings (SSSR count). The van der Waals surface area contributed by atoms with Crippen LogP contribution in [0.2, 0.25) is 0 Å². The lowest BCUT2D eigenvalue weighted by molar-refractivity contribution is 0.0950. The summed E-state index contributed by atoms with van der Waals surface area (Å²) < 4.78 is 10.4. The van der Waals surface area contributed by atoms with E-state index in [1.54, 1.807) is 39.3 Å². The van der Waals surface area contributed by atoms with Gasteiger partial charge >= 0.3 is 0 Å². The number of benzene rings is 1. The van der Waals surface area contributed by atoms with Crippen molar-refractivity contribution < 1.29 is 14.3 Å². The topological polar surface area (TPSA) is 88.6 Å². The molecule has 22 heavy (non-hydrogen) atoms. The van der Waals surface area contributed by atoms with Crippen molar-refractivity contribution in [1.29, 1.82) is 0 Å². The molecule has 0 radical (unpaired) electrons. The minimum Gasteiger partial charge on any atom is -0.493 e. The number of nitrogens with zero attached hydrogens (tertiary/aromatic N) is 2. The first-order valence-electron chi connectivity index (χ1n) is 6.64. The summed E-state index contributed by atoms with van der Waals surface area (Å²) in [4.78, 5) is 11.9. The zero-order chi connectivity index (χ0) is 16.1. The van der Waals surface area contributed by atoms with E-state index in [1.807, 2.05) is 13.0 Å². The van der Waals surface area contributed by atoms with Gasteiger partial charge in [-0.05, 0) is 38.1 Å². The number of hydrazone groups is 1. The number of methoxy groups -OCH3 is 2. The van der Waals surface area contributed by atoms with Crippen LogP contribution in [0.15, 0.2) is 29.4 Å². The van der Waals surface area contributed by atoms with Crippen molar-refractivity contribution in [3.8, 4) is 11.5 Å². The lowest BCUT2D eigenvalue weighted by atomic mass is 10.1. The summed E-state index contributed by atoms with van der Waals surface area (Å²) in [5.41, 5.74) is 5.03. The Morgan fingerprint density at radius 2 is 1.95 bits per heavy atom. The van der Waals surface area contributed by atoms with E-state index in [-0.39, 0.29) is 5.91 Å². The predicted molar refractivity (Wildman–Crippen MR) is 82.5 cm³/mol. The molecule has 0 atom stereocenters. The molecule has 0 fully saturated rings. The number of hydrogen-bond donors (Lipinski definition) is 2. The highest BCUT2D eigenvalue weighted by molar-refractivity contribution is 6.00. The van der Waals surface area contributed by atoms with Crippen LogP contribution >= 0.6 is 0 Å².